The van der Waals surface area contributed by atoms with Crippen molar-refractivity contribution >= 4 is 15.9 Å². The van der Waals surface area contributed by atoms with Gasteiger partial charge in [0.1, 0.15) is 5.82 Å². The molecule has 3 rings (SSSR count). The van der Waals surface area contributed by atoms with E-state index in [1.54, 1.807) is 18.7 Å². The normalized spacial score (nSPS) is 21.3. The van der Waals surface area contributed by atoms with E-state index in [0.29, 0.717) is 25.6 Å². The summed E-state index contributed by atoms with van der Waals surface area (Å²) < 4.78 is 41.3. The summed E-state index contributed by atoms with van der Waals surface area (Å²) in [5.74, 6) is -0.545. The van der Waals surface area contributed by atoms with Gasteiger partial charge in [-0.05, 0) is 49.8 Å². The van der Waals surface area contributed by atoms with Gasteiger partial charge in [-0.15, -0.1) is 0 Å². The van der Waals surface area contributed by atoms with Gasteiger partial charge >= 0.3 is 0 Å². The second-order valence-corrected chi connectivity index (χ2v) is 9.42. The second kappa shape index (κ2) is 8.27. The molecule has 1 heterocycles. The van der Waals surface area contributed by atoms with E-state index in [4.69, 9.17) is 0 Å². The molecule has 1 saturated heterocycles. The highest BCUT2D eigenvalue weighted by Crippen LogP contribution is 2.36. The lowest BCUT2D eigenvalue weighted by atomic mass is 9.95. The fourth-order valence-corrected chi connectivity index (χ4v) is 6.06. The van der Waals surface area contributed by atoms with Crippen LogP contribution in [0.2, 0.25) is 0 Å². The number of rotatable bonds is 6. The van der Waals surface area contributed by atoms with E-state index in [0.717, 1.165) is 31.7 Å². The molecule has 1 aromatic rings. The van der Waals surface area contributed by atoms with Crippen molar-refractivity contribution < 1.29 is 17.6 Å². The molecular weight excluding hydrogens is 367 g/mol. The molecule has 1 aromatic carbocycles. The number of carbonyl (C=O) groups excluding carboxylic acids is 1. The highest BCUT2D eigenvalue weighted by molar-refractivity contribution is 7.89. The Bertz CT molecular complexity index is 786. The van der Waals surface area contributed by atoms with Crippen molar-refractivity contribution in [2.24, 2.45) is 5.92 Å². The summed E-state index contributed by atoms with van der Waals surface area (Å²) in [4.78, 5) is 14.9. The number of halogens is 1. The Kier molecular flexibility index (Phi) is 6.21. The molecule has 0 N–H and O–H groups in total. The third kappa shape index (κ3) is 3.90. The first-order valence-corrected chi connectivity index (χ1v) is 11.4. The molecule has 1 unspecified atom stereocenters. The molecule has 1 atom stereocenters. The van der Waals surface area contributed by atoms with Crippen LogP contribution in [0.3, 0.4) is 0 Å². The Hall–Kier alpha value is -1.47. The van der Waals surface area contributed by atoms with E-state index in [2.05, 4.69) is 0 Å². The Balaban J connectivity index is 1.91. The molecular formula is C20H29FN2O3S. The van der Waals surface area contributed by atoms with Crippen LogP contribution in [0, 0.1) is 11.7 Å². The number of sulfonamides is 1. The highest BCUT2D eigenvalue weighted by atomic mass is 32.2. The fourth-order valence-electron chi connectivity index (χ4n) is 4.57. The Morgan fingerprint density at radius 2 is 1.81 bits per heavy atom. The number of benzene rings is 1. The standard InChI is InChI=1S/C20H29FN2O3S/c1-3-22(4-2)27(25,26)16-11-12-18(21)17(14-16)20(24)23-13-7-10-19(23)15-8-5-6-9-15/h11-12,14-15,19H,3-10,13H2,1-2H3. The van der Waals surface area contributed by atoms with E-state index in [9.17, 15) is 17.6 Å². The van der Waals surface area contributed by atoms with Crippen molar-refractivity contribution in [1.82, 2.24) is 9.21 Å². The molecule has 1 saturated carbocycles. The molecule has 2 fully saturated rings. The van der Waals surface area contributed by atoms with Gasteiger partial charge in [-0.3, -0.25) is 4.79 Å². The SMILES string of the molecule is CCN(CC)S(=O)(=O)c1ccc(F)c(C(=O)N2CCCC2C2CCCC2)c1. The van der Waals surface area contributed by atoms with E-state index in [1.165, 1.54) is 29.3 Å². The van der Waals surface area contributed by atoms with Crippen molar-refractivity contribution in [3.63, 3.8) is 0 Å². The molecule has 0 aromatic heterocycles. The van der Waals surface area contributed by atoms with Crippen LogP contribution in [0.5, 0.6) is 0 Å². The van der Waals surface area contributed by atoms with Gasteiger partial charge in [-0.2, -0.15) is 4.31 Å². The summed E-state index contributed by atoms with van der Waals surface area (Å²) in [6.07, 6.45) is 6.49. The maximum atomic E-state index is 14.5. The Labute approximate surface area is 161 Å². The molecule has 27 heavy (non-hydrogen) atoms. The summed E-state index contributed by atoms with van der Waals surface area (Å²) >= 11 is 0. The second-order valence-electron chi connectivity index (χ2n) is 7.48. The summed E-state index contributed by atoms with van der Waals surface area (Å²) in [5.41, 5.74) is -0.131. The zero-order chi connectivity index (χ0) is 19.6. The number of hydrogen-bond donors (Lipinski definition) is 0. The molecule has 1 amide bonds. The van der Waals surface area contributed by atoms with Gasteiger partial charge in [0.25, 0.3) is 5.91 Å². The first kappa shape index (κ1) is 20.3. The molecule has 7 heteroatoms. The fraction of sp³-hybridized carbons (Fsp3) is 0.650. The van der Waals surface area contributed by atoms with Crippen LogP contribution in [0.1, 0.15) is 62.7 Å². The number of hydrogen-bond acceptors (Lipinski definition) is 3. The van der Waals surface area contributed by atoms with Crippen molar-refractivity contribution in [2.45, 2.75) is 63.3 Å². The van der Waals surface area contributed by atoms with Crippen LogP contribution in [-0.4, -0.2) is 49.2 Å². The van der Waals surface area contributed by atoms with E-state index < -0.39 is 15.8 Å². The Morgan fingerprint density at radius 1 is 1.15 bits per heavy atom. The molecule has 1 aliphatic carbocycles. The lowest BCUT2D eigenvalue weighted by molar-refractivity contribution is 0.0684. The Morgan fingerprint density at radius 3 is 2.44 bits per heavy atom. The average Bonchev–Trinajstić information content (AvgIpc) is 3.33. The predicted molar refractivity (Wildman–Crippen MR) is 103 cm³/mol. The first-order chi connectivity index (χ1) is 12.9. The lowest BCUT2D eigenvalue weighted by Crippen LogP contribution is -2.40. The maximum Gasteiger partial charge on any atom is 0.257 e. The van der Waals surface area contributed by atoms with E-state index in [1.807, 2.05) is 0 Å². The minimum atomic E-state index is -3.73. The third-order valence-corrected chi connectivity index (χ3v) is 8.06. The summed E-state index contributed by atoms with van der Waals surface area (Å²) in [6, 6.07) is 3.72. The van der Waals surface area contributed by atoms with Gasteiger partial charge in [0, 0.05) is 25.7 Å². The van der Waals surface area contributed by atoms with Crippen LogP contribution < -0.4 is 0 Å². The van der Waals surface area contributed by atoms with Crippen molar-refractivity contribution in [2.75, 3.05) is 19.6 Å². The zero-order valence-corrected chi connectivity index (χ0v) is 17.0. The first-order valence-electron chi connectivity index (χ1n) is 10.0. The van der Waals surface area contributed by atoms with Gasteiger partial charge in [0.15, 0.2) is 0 Å². The molecule has 150 valence electrons. The van der Waals surface area contributed by atoms with Crippen LogP contribution in [-0.2, 0) is 10.0 Å². The molecule has 2 aliphatic rings. The van der Waals surface area contributed by atoms with Crippen molar-refractivity contribution in [3.8, 4) is 0 Å². The number of nitrogens with zero attached hydrogens (tertiary/aromatic N) is 2. The van der Waals surface area contributed by atoms with Crippen LogP contribution >= 0.6 is 0 Å². The van der Waals surface area contributed by atoms with E-state index >= 15 is 0 Å². The van der Waals surface area contributed by atoms with Gasteiger partial charge in [-0.25, -0.2) is 12.8 Å². The largest absolute Gasteiger partial charge is 0.335 e. The molecule has 5 nitrogen and oxygen atoms in total. The van der Waals surface area contributed by atoms with Crippen molar-refractivity contribution in [3.05, 3.63) is 29.6 Å². The number of amides is 1. The van der Waals surface area contributed by atoms with Gasteiger partial charge in [-0.1, -0.05) is 26.7 Å². The van der Waals surface area contributed by atoms with Gasteiger partial charge in [0.2, 0.25) is 10.0 Å². The summed E-state index contributed by atoms with van der Waals surface area (Å²) in [6.45, 7) is 4.79. The molecule has 0 radical (unpaired) electrons. The van der Waals surface area contributed by atoms with Crippen LogP contribution in [0.15, 0.2) is 23.1 Å². The highest BCUT2D eigenvalue weighted by Gasteiger charge is 2.37. The predicted octanol–water partition coefficient (Wildman–Crippen LogP) is 3.65. The lowest BCUT2D eigenvalue weighted by Gasteiger charge is -2.29. The smallest absolute Gasteiger partial charge is 0.257 e. The quantitative estimate of drug-likeness (QED) is 0.737. The number of likely N-dealkylation sites (tertiary alicyclic amines) is 1. The topological polar surface area (TPSA) is 57.7 Å². The molecule has 1 aliphatic heterocycles. The zero-order valence-electron chi connectivity index (χ0n) is 16.2. The summed E-state index contributed by atoms with van der Waals surface area (Å²) in [5, 5.41) is 0. The van der Waals surface area contributed by atoms with Gasteiger partial charge in [0.05, 0.1) is 10.5 Å². The molecule has 0 spiro atoms. The van der Waals surface area contributed by atoms with Crippen LogP contribution in [0.4, 0.5) is 4.39 Å². The number of carbonyl (C=O) groups is 1. The molecule has 0 bridgehead atoms. The maximum absolute atomic E-state index is 14.5. The average molecular weight is 397 g/mol. The minimum Gasteiger partial charge on any atom is -0.335 e. The third-order valence-electron chi connectivity index (χ3n) is 6.02. The monoisotopic (exact) mass is 396 g/mol. The van der Waals surface area contributed by atoms with E-state index in [-0.39, 0.29) is 22.4 Å². The van der Waals surface area contributed by atoms with Crippen LogP contribution in [0.25, 0.3) is 0 Å². The minimum absolute atomic E-state index is 0.0208. The van der Waals surface area contributed by atoms with Gasteiger partial charge < -0.3 is 4.90 Å². The summed E-state index contributed by atoms with van der Waals surface area (Å²) in [7, 11) is -3.73. The van der Waals surface area contributed by atoms with Crippen molar-refractivity contribution in [1.29, 1.82) is 0 Å².